The minimum absolute atomic E-state index is 0.210. The maximum atomic E-state index is 13.0. The molecular weight excluding hydrogens is 259 g/mol. The largest absolute Gasteiger partial charge is 0.352 e. The first-order valence-electron chi connectivity index (χ1n) is 6.20. The number of carbonyl (C=O) groups is 1. The summed E-state index contributed by atoms with van der Waals surface area (Å²) in [6.07, 6.45) is 2.85. The number of nitrogens with zero attached hydrogens (tertiary/aromatic N) is 2. The summed E-state index contributed by atoms with van der Waals surface area (Å²) in [7, 11) is 0. The van der Waals surface area contributed by atoms with Gasteiger partial charge in [0.2, 0.25) is 5.95 Å². The van der Waals surface area contributed by atoms with Gasteiger partial charge in [-0.1, -0.05) is 6.07 Å². The first-order valence-corrected chi connectivity index (χ1v) is 6.20. The zero-order valence-corrected chi connectivity index (χ0v) is 11.2. The van der Waals surface area contributed by atoms with Gasteiger partial charge < -0.3 is 10.6 Å². The molecule has 2 rings (SSSR count). The highest BCUT2D eigenvalue weighted by Crippen LogP contribution is 2.11. The van der Waals surface area contributed by atoms with Crippen LogP contribution in [0.5, 0.6) is 0 Å². The average molecular weight is 274 g/mol. The van der Waals surface area contributed by atoms with Gasteiger partial charge >= 0.3 is 0 Å². The monoisotopic (exact) mass is 274 g/mol. The molecule has 0 fully saturated rings. The zero-order valence-electron chi connectivity index (χ0n) is 11.2. The fourth-order valence-corrected chi connectivity index (χ4v) is 1.55. The molecule has 0 saturated carbocycles. The Balaban J connectivity index is 2.06. The van der Waals surface area contributed by atoms with Crippen LogP contribution in [0, 0.1) is 5.82 Å². The number of carbonyl (C=O) groups excluding carboxylic acids is 1. The number of anilines is 2. The molecule has 2 aromatic rings. The normalized spacial score (nSPS) is 10.4. The van der Waals surface area contributed by atoms with E-state index in [1.165, 1.54) is 30.6 Å². The topological polar surface area (TPSA) is 66.9 Å². The lowest BCUT2D eigenvalue weighted by atomic mass is 10.2. The summed E-state index contributed by atoms with van der Waals surface area (Å²) in [5, 5.41) is 5.60. The molecule has 1 aromatic carbocycles. The molecule has 1 amide bonds. The van der Waals surface area contributed by atoms with Gasteiger partial charge in [-0.15, -0.1) is 0 Å². The third-order valence-electron chi connectivity index (χ3n) is 2.41. The predicted octanol–water partition coefficient (Wildman–Crippen LogP) is 2.69. The summed E-state index contributed by atoms with van der Waals surface area (Å²) in [6, 6.07) is 5.90. The summed E-state index contributed by atoms with van der Waals surface area (Å²) in [4.78, 5) is 20.0. The first-order chi connectivity index (χ1) is 9.54. The summed E-state index contributed by atoms with van der Waals surface area (Å²) < 4.78 is 13.0. The van der Waals surface area contributed by atoms with Gasteiger partial charge in [0.25, 0.3) is 5.91 Å². The summed E-state index contributed by atoms with van der Waals surface area (Å²) in [5.74, 6) is -0.329. The molecule has 0 bridgehead atoms. The van der Waals surface area contributed by atoms with E-state index >= 15 is 0 Å². The van der Waals surface area contributed by atoms with E-state index in [9.17, 15) is 9.18 Å². The molecule has 20 heavy (non-hydrogen) atoms. The fraction of sp³-hybridized carbons (Fsp3) is 0.214. The molecule has 0 aliphatic rings. The number of aromatic nitrogens is 2. The Labute approximate surface area is 116 Å². The Kier molecular flexibility index (Phi) is 4.24. The van der Waals surface area contributed by atoms with Crippen LogP contribution in [0.2, 0.25) is 0 Å². The highest BCUT2D eigenvalue weighted by atomic mass is 19.1. The SMILES string of the molecule is CC(C)Nc1ncc(C(=O)Nc2cccc(F)c2)cn1. The molecule has 0 aliphatic carbocycles. The Morgan fingerprint density at radius 3 is 2.55 bits per heavy atom. The molecule has 0 unspecified atom stereocenters. The third kappa shape index (κ3) is 3.74. The van der Waals surface area contributed by atoms with Crippen molar-refractivity contribution in [3.63, 3.8) is 0 Å². The van der Waals surface area contributed by atoms with Crippen LogP contribution < -0.4 is 10.6 Å². The highest BCUT2D eigenvalue weighted by Gasteiger charge is 2.08. The van der Waals surface area contributed by atoms with Crippen LogP contribution in [0.15, 0.2) is 36.7 Å². The van der Waals surface area contributed by atoms with Gasteiger partial charge in [-0.3, -0.25) is 4.79 Å². The van der Waals surface area contributed by atoms with Crippen molar-refractivity contribution in [2.24, 2.45) is 0 Å². The van der Waals surface area contributed by atoms with Crippen molar-refractivity contribution in [3.8, 4) is 0 Å². The van der Waals surface area contributed by atoms with Crippen LogP contribution in [0.3, 0.4) is 0 Å². The van der Waals surface area contributed by atoms with E-state index in [1.54, 1.807) is 6.07 Å². The molecule has 0 radical (unpaired) electrons. The molecule has 1 aromatic heterocycles. The van der Waals surface area contributed by atoms with Crippen molar-refractivity contribution < 1.29 is 9.18 Å². The van der Waals surface area contributed by atoms with Gasteiger partial charge in [-0.2, -0.15) is 0 Å². The van der Waals surface area contributed by atoms with Crippen molar-refractivity contribution >= 4 is 17.5 Å². The van der Waals surface area contributed by atoms with Crippen LogP contribution in [-0.2, 0) is 0 Å². The van der Waals surface area contributed by atoms with Crippen LogP contribution in [0.1, 0.15) is 24.2 Å². The summed E-state index contributed by atoms with van der Waals surface area (Å²) >= 11 is 0. The Hall–Kier alpha value is -2.50. The van der Waals surface area contributed by atoms with Gasteiger partial charge in [0.05, 0.1) is 5.56 Å². The highest BCUT2D eigenvalue weighted by molar-refractivity contribution is 6.03. The van der Waals surface area contributed by atoms with Crippen molar-refractivity contribution in [2.45, 2.75) is 19.9 Å². The minimum Gasteiger partial charge on any atom is -0.352 e. The molecule has 5 nitrogen and oxygen atoms in total. The molecule has 0 spiro atoms. The quantitative estimate of drug-likeness (QED) is 0.899. The number of benzene rings is 1. The Morgan fingerprint density at radius 2 is 1.95 bits per heavy atom. The molecule has 104 valence electrons. The van der Waals surface area contributed by atoms with Crippen LogP contribution in [-0.4, -0.2) is 21.9 Å². The molecule has 0 saturated heterocycles. The second kappa shape index (κ2) is 6.10. The predicted molar refractivity (Wildman–Crippen MR) is 75.1 cm³/mol. The molecule has 2 N–H and O–H groups in total. The maximum absolute atomic E-state index is 13.0. The van der Waals surface area contributed by atoms with E-state index in [2.05, 4.69) is 20.6 Å². The smallest absolute Gasteiger partial charge is 0.258 e. The van der Waals surface area contributed by atoms with E-state index in [4.69, 9.17) is 0 Å². The van der Waals surface area contributed by atoms with Gasteiger partial charge in [0, 0.05) is 24.1 Å². The number of rotatable bonds is 4. The van der Waals surface area contributed by atoms with E-state index in [1.807, 2.05) is 13.8 Å². The van der Waals surface area contributed by atoms with Crippen molar-refractivity contribution in [2.75, 3.05) is 10.6 Å². The Bertz CT molecular complexity index is 598. The van der Waals surface area contributed by atoms with Crippen LogP contribution in [0.4, 0.5) is 16.0 Å². The average Bonchev–Trinajstić information content (AvgIpc) is 2.38. The van der Waals surface area contributed by atoms with E-state index in [0.717, 1.165) is 0 Å². The van der Waals surface area contributed by atoms with Crippen molar-refractivity contribution in [1.29, 1.82) is 0 Å². The molecule has 0 atom stereocenters. The third-order valence-corrected chi connectivity index (χ3v) is 2.41. The second-order valence-corrected chi connectivity index (χ2v) is 4.56. The van der Waals surface area contributed by atoms with Gasteiger partial charge in [-0.05, 0) is 32.0 Å². The lowest BCUT2D eigenvalue weighted by Crippen LogP contribution is -2.15. The number of nitrogens with one attached hydrogen (secondary N) is 2. The van der Waals surface area contributed by atoms with Gasteiger partial charge in [0.1, 0.15) is 5.82 Å². The molecule has 1 heterocycles. The lowest BCUT2D eigenvalue weighted by molar-refractivity contribution is 0.102. The molecule has 0 aliphatic heterocycles. The second-order valence-electron chi connectivity index (χ2n) is 4.56. The number of halogens is 1. The molecular formula is C14H15FN4O. The lowest BCUT2D eigenvalue weighted by Gasteiger charge is -2.08. The standard InChI is InChI=1S/C14H15FN4O/c1-9(2)18-14-16-7-10(8-17-14)13(20)19-12-5-3-4-11(15)6-12/h3-9H,1-2H3,(H,19,20)(H,16,17,18). The van der Waals surface area contributed by atoms with E-state index in [-0.39, 0.29) is 11.9 Å². The molecule has 6 heteroatoms. The van der Waals surface area contributed by atoms with Crippen LogP contribution >= 0.6 is 0 Å². The van der Waals surface area contributed by atoms with E-state index < -0.39 is 5.82 Å². The van der Waals surface area contributed by atoms with Gasteiger partial charge in [0.15, 0.2) is 0 Å². The minimum atomic E-state index is -0.407. The van der Waals surface area contributed by atoms with Crippen LogP contribution in [0.25, 0.3) is 0 Å². The van der Waals surface area contributed by atoms with Crippen molar-refractivity contribution in [1.82, 2.24) is 9.97 Å². The van der Waals surface area contributed by atoms with Crippen molar-refractivity contribution in [3.05, 3.63) is 48.0 Å². The maximum Gasteiger partial charge on any atom is 0.258 e. The summed E-state index contributed by atoms with van der Waals surface area (Å²) in [6.45, 7) is 3.93. The number of hydrogen-bond donors (Lipinski definition) is 2. The van der Waals surface area contributed by atoms with Gasteiger partial charge in [-0.25, -0.2) is 14.4 Å². The zero-order chi connectivity index (χ0) is 14.5. The number of hydrogen-bond acceptors (Lipinski definition) is 4. The Morgan fingerprint density at radius 1 is 1.25 bits per heavy atom. The fourth-order valence-electron chi connectivity index (χ4n) is 1.55. The number of amides is 1. The van der Waals surface area contributed by atoms with E-state index in [0.29, 0.717) is 17.2 Å². The summed E-state index contributed by atoms with van der Waals surface area (Å²) in [5.41, 5.74) is 0.697. The first kappa shape index (κ1) is 13.9.